The molecule has 0 spiro atoms. The number of rotatable bonds is 5. The number of aromatic hydroxyl groups is 1. The van der Waals surface area contributed by atoms with E-state index in [1.807, 2.05) is 31.2 Å². The van der Waals surface area contributed by atoms with Crippen molar-refractivity contribution in [2.45, 2.75) is 13.5 Å². The second kappa shape index (κ2) is 7.41. The van der Waals surface area contributed by atoms with Crippen LogP contribution in [0.1, 0.15) is 21.5 Å². The van der Waals surface area contributed by atoms with Crippen LogP contribution in [0.3, 0.4) is 0 Å². The second-order valence-corrected chi connectivity index (χ2v) is 6.14. The van der Waals surface area contributed by atoms with Gasteiger partial charge in [0.15, 0.2) is 0 Å². The van der Waals surface area contributed by atoms with Crippen LogP contribution in [-0.4, -0.2) is 11.4 Å². The van der Waals surface area contributed by atoms with Crippen molar-refractivity contribution in [1.29, 1.82) is 0 Å². The summed E-state index contributed by atoms with van der Waals surface area (Å²) in [6.45, 7) is 2.43. The lowest BCUT2D eigenvalue weighted by molar-refractivity contribution is 0.112. The van der Waals surface area contributed by atoms with E-state index in [4.69, 9.17) is 16.3 Å². The Balaban J connectivity index is 1.84. The van der Waals surface area contributed by atoms with Gasteiger partial charge in [-0.25, -0.2) is 0 Å². The van der Waals surface area contributed by atoms with Crippen LogP contribution in [0.4, 0.5) is 0 Å². The fourth-order valence-electron chi connectivity index (χ4n) is 2.66. The van der Waals surface area contributed by atoms with Gasteiger partial charge < -0.3 is 9.84 Å². The van der Waals surface area contributed by atoms with Crippen molar-refractivity contribution >= 4 is 17.9 Å². The van der Waals surface area contributed by atoms with E-state index in [1.165, 1.54) is 6.07 Å². The molecule has 0 fully saturated rings. The average molecular weight is 353 g/mol. The topological polar surface area (TPSA) is 46.5 Å². The van der Waals surface area contributed by atoms with Gasteiger partial charge in [-0.3, -0.25) is 4.79 Å². The summed E-state index contributed by atoms with van der Waals surface area (Å²) in [5.74, 6) is 0.850. The minimum atomic E-state index is 0.143. The molecule has 3 aromatic carbocycles. The molecule has 3 aromatic rings. The van der Waals surface area contributed by atoms with Crippen LogP contribution in [0.15, 0.2) is 60.7 Å². The van der Waals surface area contributed by atoms with Crippen molar-refractivity contribution in [3.63, 3.8) is 0 Å². The predicted octanol–water partition coefficient (Wildman–Crippen LogP) is 5.41. The first-order chi connectivity index (χ1) is 12.1. The molecule has 1 N–H and O–H groups in total. The van der Waals surface area contributed by atoms with Gasteiger partial charge in [0.05, 0.1) is 5.02 Å². The van der Waals surface area contributed by atoms with Crippen LogP contribution < -0.4 is 4.74 Å². The van der Waals surface area contributed by atoms with Crippen LogP contribution in [0.25, 0.3) is 11.1 Å². The van der Waals surface area contributed by atoms with Gasteiger partial charge in [-0.15, -0.1) is 0 Å². The van der Waals surface area contributed by atoms with Gasteiger partial charge in [0.25, 0.3) is 0 Å². The Morgan fingerprint density at radius 2 is 1.80 bits per heavy atom. The first-order valence-corrected chi connectivity index (χ1v) is 8.21. The van der Waals surface area contributed by atoms with Crippen molar-refractivity contribution in [2.75, 3.05) is 0 Å². The molecule has 126 valence electrons. The van der Waals surface area contributed by atoms with Crippen LogP contribution in [0.2, 0.25) is 5.02 Å². The number of hydrogen-bond acceptors (Lipinski definition) is 3. The molecule has 3 nitrogen and oxygen atoms in total. The Morgan fingerprint density at radius 1 is 1.04 bits per heavy atom. The van der Waals surface area contributed by atoms with Gasteiger partial charge in [0.1, 0.15) is 24.4 Å². The summed E-state index contributed by atoms with van der Waals surface area (Å²) < 4.78 is 5.82. The number of benzene rings is 3. The molecular formula is C21H17ClO3. The average Bonchev–Trinajstić information content (AvgIpc) is 2.62. The maximum Gasteiger partial charge on any atom is 0.150 e. The maximum absolute atomic E-state index is 10.7. The lowest BCUT2D eigenvalue weighted by Gasteiger charge is -2.14. The SMILES string of the molecule is Cc1c(COc2ccc(C=O)cc2)cccc1-c1ccc(O)cc1Cl. The number of hydrogen-bond donors (Lipinski definition) is 1. The molecule has 0 aliphatic carbocycles. The second-order valence-electron chi connectivity index (χ2n) is 5.73. The summed E-state index contributed by atoms with van der Waals surface area (Å²) in [6.07, 6.45) is 0.804. The zero-order valence-electron chi connectivity index (χ0n) is 13.7. The first kappa shape index (κ1) is 17.1. The molecule has 0 saturated heterocycles. The fourth-order valence-corrected chi connectivity index (χ4v) is 2.93. The van der Waals surface area contributed by atoms with Gasteiger partial charge in [-0.05, 0) is 66.1 Å². The van der Waals surface area contributed by atoms with E-state index in [1.54, 1.807) is 30.3 Å². The van der Waals surface area contributed by atoms with Crippen molar-refractivity contribution in [1.82, 2.24) is 0 Å². The van der Waals surface area contributed by atoms with Crippen molar-refractivity contribution < 1.29 is 14.6 Å². The molecule has 0 unspecified atom stereocenters. The van der Waals surface area contributed by atoms with Crippen LogP contribution in [0.5, 0.6) is 11.5 Å². The van der Waals surface area contributed by atoms with Gasteiger partial charge in [-0.2, -0.15) is 0 Å². The predicted molar refractivity (Wildman–Crippen MR) is 99.5 cm³/mol. The third-order valence-electron chi connectivity index (χ3n) is 4.10. The molecular weight excluding hydrogens is 336 g/mol. The minimum Gasteiger partial charge on any atom is -0.508 e. The van der Waals surface area contributed by atoms with Crippen molar-refractivity contribution in [3.05, 3.63) is 82.4 Å². The summed E-state index contributed by atoms with van der Waals surface area (Å²) in [5, 5.41) is 10.0. The third-order valence-corrected chi connectivity index (χ3v) is 4.41. The highest BCUT2D eigenvalue weighted by molar-refractivity contribution is 6.33. The minimum absolute atomic E-state index is 0.143. The van der Waals surface area contributed by atoms with E-state index in [0.717, 1.165) is 28.5 Å². The van der Waals surface area contributed by atoms with E-state index >= 15 is 0 Å². The maximum atomic E-state index is 10.7. The number of halogens is 1. The molecule has 4 heteroatoms. The third kappa shape index (κ3) is 3.83. The number of ether oxygens (including phenoxy) is 1. The van der Waals surface area contributed by atoms with Crippen molar-refractivity contribution in [3.8, 4) is 22.6 Å². The highest BCUT2D eigenvalue weighted by atomic mass is 35.5. The molecule has 0 aliphatic rings. The Kier molecular flexibility index (Phi) is 5.05. The van der Waals surface area contributed by atoms with Crippen LogP contribution >= 0.6 is 11.6 Å². The van der Waals surface area contributed by atoms with Gasteiger partial charge >= 0.3 is 0 Å². The van der Waals surface area contributed by atoms with E-state index < -0.39 is 0 Å². The Labute approximate surface area is 151 Å². The number of carbonyl (C=O) groups is 1. The molecule has 25 heavy (non-hydrogen) atoms. The smallest absolute Gasteiger partial charge is 0.150 e. The highest BCUT2D eigenvalue weighted by Crippen LogP contribution is 2.34. The standard InChI is InChI=1S/C21H17ClO3/c1-14-16(13-25-18-8-5-15(12-23)6-9-18)3-2-4-19(14)20-10-7-17(24)11-21(20)22/h2-12,24H,13H2,1H3. The Hall–Kier alpha value is -2.78. The normalized spacial score (nSPS) is 10.5. The first-order valence-electron chi connectivity index (χ1n) is 7.84. The van der Waals surface area contributed by atoms with Crippen LogP contribution in [-0.2, 0) is 6.61 Å². The van der Waals surface area contributed by atoms with Gasteiger partial charge in [0.2, 0.25) is 0 Å². The lowest BCUT2D eigenvalue weighted by atomic mass is 9.96. The van der Waals surface area contributed by atoms with Crippen molar-refractivity contribution in [2.24, 2.45) is 0 Å². The molecule has 3 rings (SSSR count). The molecule has 0 bridgehead atoms. The van der Waals surface area contributed by atoms with Gasteiger partial charge in [-0.1, -0.05) is 29.8 Å². The summed E-state index contributed by atoms with van der Waals surface area (Å²) in [4.78, 5) is 10.7. The lowest BCUT2D eigenvalue weighted by Crippen LogP contribution is -1.99. The monoisotopic (exact) mass is 352 g/mol. The fraction of sp³-hybridized carbons (Fsp3) is 0.0952. The number of phenols is 1. The van der Waals surface area contributed by atoms with Gasteiger partial charge in [0, 0.05) is 11.1 Å². The number of carbonyl (C=O) groups excluding carboxylic acids is 1. The quantitative estimate of drug-likeness (QED) is 0.624. The summed E-state index contributed by atoms with van der Waals surface area (Å²) in [5.41, 5.74) is 4.60. The molecule has 0 saturated carbocycles. The highest BCUT2D eigenvalue weighted by Gasteiger charge is 2.10. The molecule has 0 aromatic heterocycles. The largest absolute Gasteiger partial charge is 0.508 e. The Morgan fingerprint density at radius 3 is 2.48 bits per heavy atom. The number of phenolic OH excluding ortho intramolecular Hbond substituents is 1. The summed E-state index contributed by atoms with van der Waals surface area (Å²) >= 11 is 6.27. The van der Waals surface area contributed by atoms with E-state index in [9.17, 15) is 9.90 Å². The zero-order valence-corrected chi connectivity index (χ0v) is 14.5. The molecule has 0 amide bonds. The zero-order chi connectivity index (χ0) is 17.8. The Bertz CT molecular complexity index is 902. The molecule has 0 radical (unpaired) electrons. The van der Waals surface area contributed by atoms with E-state index in [2.05, 4.69) is 0 Å². The molecule has 0 atom stereocenters. The molecule has 0 heterocycles. The summed E-state index contributed by atoms with van der Waals surface area (Å²) in [7, 11) is 0. The van der Waals surface area contributed by atoms with E-state index in [0.29, 0.717) is 22.9 Å². The number of aldehydes is 1. The summed E-state index contributed by atoms with van der Waals surface area (Å²) in [6, 6.07) is 17.9. The van der Waals surface area contributed by atoms with E-state index in [-0.39, 0.29) is 5.75 Å². The van der Waals surface area contributed by atoms with Crippen LogP contribution in [0, 0.1) is 6.92 Å². The molecule has 0 aliphatic heterocycles.